The zero-order valence-electron chi connectivity index (χ0n) is 12.0. The average Bonchev–Trinajstić information content (AvgIpc) is 2.78. The highest BCUT2D eigenvalue weighted by atomic mass is 79.9. The molecule has 1 aliphatic heterocycles. The van der Waals surface area contributed by atoms with E-state index in [0.29, 0.717) is 6.42 Å². The molecule has 0 aliphatic carbocycles. The molecule has 1 unspecified atom stereocenters. The third-order valence-electron chi connectivity index (χ3n) is 3.77. The average molecular weight is 345 g/mol. The van der Waals surface area contributed by atoms with Gasteiger partial charge in [-0.1, -0.05) is 34.1 Å². The molecule has 0 radical (unpaired) electrons. The fourth-order valence-electron chi connectivity index (χ4n) is 2.89. The zero-order chi connectivity index (χ0) is 15.0. The summed E-state index contributed by atoms with van der Waals surface area (Å²) in [6.07, 6.45) is 0.469. The fraction of sp³-hybridized carbons (Fsp3) is 0.235. The van der Waals surface area contributed by atoms with Crippen molar-refractivity contribution in [2.75, 3.05) is 12.4 Å². The molecule has 0 fully saturated rings. The van der Waals surface area contributed by atoms with E-state index in [0.717, 1.165) is 15.7 Å². The van der Waals surface area contributed by atoms with Gasteiger partial charge in [-0.15, -0.1) is 0 Å². The number of rotatable bonds is 3. The van der Waals surface area contributed by atoms with Gasteiger partial charge in [0.2, 0.25) is 5.91 Å². The van der Waals surface area contributed by atoms with Crippen molar-refractivity contribution in [3.63, 3.8) is 0 Å². The molecule has 0 bridgehead atoms. The number of hydrogen-bond donors (Lipinski definition) is 2. The Morgan fingerprint density at radius 1 is 1.19 bits per heavy atom. The Hall–Kier alpha value is -1.65. The molecule has 2 N–H and O–H groups in total. The number of benzene rings is 2. The summed E-state index contributed by atoms with van der Waals surface area (Å²) in [4.78, 5) is 11.5. The lowest BCUT2D eigenvalue weighted by atomic mass is 9.95. The van der Waals surface area contributed by atoms with Crippen LogP contribution in [-0.2, 0) is 11.2 Å². The Balaban J connectivity index is 2.01. The van der Waals surface area contributed by atoms with Crippen LogP contribution in [0.1, 0.15) is 28.3 Å². The van der Waals surface area contributed by atoms with Crippen molar-refractivity contribution in [1.82, 2.24) is 5.32 Å². The predicted octanol–water partition coefficient (Wildman–Crippen LogP) is 3.56. The van der Waals surface area contributed by atoms with Crippen LogP contribution in [0, 0.1) is 6.92 Å². The van der Waals surface area contributed by atoms with E-state index >= 15 is 0 Å². The van der Waals surface area contributed by atoms with Gasteiger partial charge in [0.1, 0.15) is 0 Å². The molecule has 21 heavy (non-hydrogen) atoms. The van der Waals surface area contributed by atoms with Gasteiger partial charge in [0, 0.05) is 10.2 Å². The molecule has 0 saturated heterocycles. The van der Waals surface area contributed by atoms with E-state index in [4.69, 9.17) is 0 Å². The number of nitrogens with one attached hydrogen (secondary N) is 2. The Kier molecular flexibility index (Phi) is 3.83. The monoisotopic (exact) mass is 344 g/mol. The van der Waals surface area contributed by atoms with Crippen LogP contribution in [0.2, 0.25) is 0 Å². The van der Waals surface area contributed by atoms with Crippen molar-refractivity contribution in [2.24, 2.45) is 0 Å². The molecular formula is C17H17BrN2O. The third kappa shape index (κ3) is 2.87. The van der Waals surface area contributed by atoms with Crippen LogP contribution in [0.3, 0.4) is 0 Å². The number of fused-ring (bicyclic) bond motifs is 1. The van der Waals surface area contributed by atoms with E-state index in [1.807, 2.05) is 13.1 Å². The maximum Gasteiger partial charge on any atom is 0.228 e. The highest BCUT2D eigenvalue weighted by Crippen LogP contribution is 2.30. The smallest absolute Gasteiger partial charge is 0.228 e. The van der Waals surface area contributed by atoms with E-state index in [1.54, 1.807) is 0 Å². The quantitative estimate of drug-likeness (QED) is 0.893. The summed E-state index contributed by atoms with van der Waals surface area (Å²) in [5.74, 6) is 0.0708. The van der Waals surface area contributed by atoms with Gasteiger partial charge in [-0.05, 0) is 54.4 Å². The molecule has 108 valence electrons. The Labute approximate surface area is 132 Å². The number of aryl methyl sites for hydroxylation is 1. The zero-order valence-corrected chi connectivity index (χ0v) is 13.6. The van der Waals surface area contributed by atoms with Crippen LogP contribution in [0.25, 0.3) is 0 Å². The summed E-state index contributed by atoms with van der Waals surface area (Å²) < 4.78 is 1.08. The summed E-state index contributed by atoms with van der Waals surface area (Å²) in [5.41, 5.74) is 5.61. The van der Waals surface area contributed by atoms with Crippen LogP contribution in [-0.4, -0.2) is 13.0 Å². The number of halogens is 1. The molecule has 2 aromatic carbocycles. The highest BCUT2D eigenvalue weighted by Gasteiger charge is 2.20. The van der Waals surface area contributed by atoms with Crippen molar-refractivity contribution in [3.05, 3.63) is 63.1 Å². The van der Waals surface area contributed by atoms with Gasteiger partial charge in [0.15, 0.2) is 0 Å². The first-order valence-electron chi connectivity index (χ1n) is 6.94. The van der Waals surface area contributed by atoms with Crippen LogP contribution in [0.15, 0.2) is 40.9 Å². The van der Waals surface area contributed by atoms with E-state index < -0.39 is 0 Å². The summed E-state index contributed by atoms with van der Waals surface area (Å²) >= 11 is 3.56. The summed E-state index contributed by atoms with van der Waals surface area (Å²) in [6, 6.07) is 12.7. The van der Waals surface area contributed by atoms with Crippen molar-refractivity contribution >= 4 is 27.5 Å². The van der Waals surface area contributed by atoms with E-state index in [9.17, 15) is 4.79 Å². The molecule has 1 amide bonds. The number of carbonyl (C=O) groups excluding carboxylic acids is 1. The lowest BCUT2D eigenvalue weighted by molar-refractivity contribution is -0.115. The van der Waals surface area contributed by atoms with Gasteiger partial charge in [-0.3, -0.25) is 4.79 Å². The van der Waals surface area contributed by atoms with Gasteiger partial charge in [-0.25, -0.2) is 0 Å². The first-order chi connectivity index (χ1) is 10.1. The number of amides is 1. The first-order valence-corrected chi connectivity index (χ1v) is 7.73. The highest BCUT2D eigenvalue weighted by molar-refractivity contribution is 9.10. The van der Waals surface area contributed by atoms with E-state index in [-0.39, 0.29) is 11.9 Å². The fourth-order valence-corrected chi connectivity index (χ4v) is 3.51. The molecule has 0 aromatic heterocycles. The molecule has 3 nitrogen and oxygen atoms in total. The number of hydrogen-bond acceptors (Lipinski definition) is 2. The summed E-state index contributed by atoms with van der Waals surface area (Å²) in [5, 5.41) is 6.24. The largest absolute Gasteiger partial charge is 0.326 e. The first kappa shape index (κ1) is 14.3. The molecule has 1 aliphatic rings. The molecule has 2 aromatic rings. The van der Waals surface area contributed by atoms with Gasteiger partial charge in [0.25, 0.3) is 0 Å². The van der Waals surface area contributed by atoms with Crippen LogP contribution >= 0.6 is 15.9 Å². The number of carbonyl (C=O) groups is 1. The molecular weight excluding hydrogens is 328 g/mol. The Bertz CT molecular complexity index is 692. The lowest BCUT2D eigenvalue weighted by Gasteiger charge is -2.19. The second-order valence-corrected chi connectivity index (χ2v) is 6.34. The van der Waals surface area contributed by atoms with Gasteiger partial charge >= 0.3 is 0 Å². The molecule has 0 saturated carbocycles. The van der Waals surface area contributed by atoms with E-state index in [1.165, 1.54) is 16.7 Å². The van der Waals surface area contributed by atoms with Crippen molar-refractivity contribution in [1.29, 1.82) is 0 Å². The molecule has 1 atom stereocenters. The third-order valence-corrected chi connectivity index (χ3v) is 4.23. The van der Waals surface area contributed by atoms with Crippen molar-refractivity contribution in [3.8, 4) is 0 Å². The van der Waals surface area contributed by atoms with Crippen LogP contribution in [0.5, 0.6) is 0 Å². The van der Waals surface area contributed by atoms with Crippen molar-refractivity contribution < 1.29 is 4.79 Å². The maximum atomic E-state index is 11.5. The Morgan fingerprint density at radius 2 is 2.00 bits per heavy atom. The molecule has 1 heterocycles. The maximum absolute atomic E-state index is 11.5. The molecule has 3 rings (SSSR count). The summed E-state index contributed by atoms with van der Waals surface area (Å²) in [6.45, 7) is 2.09. The number of anilines is 1. The topological polar surface area (TPSA) is 41.1 Å². The van der Waals surface area contributed by atoms with Gasteiger partial charge in [-0.2, -0.15) is 0 Å². The Morgan fingerprint density at radius 3 is 2.71 bits per heavy atom. The summed E-state index contributed by atoms with van der Waals surface area (Å²) in [7, 11) is 1.96. The van der Waals surface area contributed by atoms with Crippen molar-refractivity contribution in [2.45, 2.75) is 19.4 Å². The minimum absolute atomic E-state index is 0.0708. The second-order valence-electron chi connectivity index (χ2n) is 5.43. The second kappa shape index (κ2) is 5.62. The minimum Gasteiger partial charge on any atom is -0.326 e. The minimum atomic E-state index is 0.0708. The normalized spacial score (nSPS) is 14.7. The molecule has 4 heteroatoms. The van der Waals surface area contributed by atoms with Gasteiger partial charge in [0.05, 0.1) is 12.5 Å². The predicted molar refractivity (Wildman–Crippen MR) is 88.6 cm³/mol. The molecule has 0 spiro atoms. The van der Waals surface area contributed by atoms with E-state index in [2.05, 4.69) is 63.8 Å². The van der Waals surface area contributed by atoms with Gasteiger partial charge < -0.3 is 10.6 Å². The van der Waals surface area contributed by atoms with Crippen LogP contribution in [0.4, 0.5) is 5.69 Å². The standard InChI is InChI=1S/C17H17BrN2O/c1-10-5-13(8-14(18)6-10)17(19-2)11-3-4-15-12(7-11)9-16(21)20-15/h3-8,17,19H,9H2,1-2H3,(H,20,21). The SMILES string of the molecule is CNC(c1cc(C)cc(Br)c1)c1ccc2c(c1)CC(=O)N2. The lowest BCUT2D eigenvalue weighted by Crippen LogP contribution is -2.18. The van der Waals surface area contributed by atoms with Crippen LogP contribution < -0.4 is 10.6 Å².